The summed E-state index contributed by atoms with van der Waals surface area (Å²) in [5.74, 6) is -1.35. The molecule has 0 radical (unpaired) electrons. The quantitative estimate of drug-likeness (QED) is 0.705. The van der Waals surface area contributed by atoms with Gasteiger partial charge in [-0.25, -0.2) is 0 Å². The fourth-order valence-corrected chi connectivity index (χ4v) is 2.78. The Labute approximate surface area is 171 Å². The van der Waals surface area contributed by atoms with E-state index in [0.717, 1.165) is 11.1 Å². The van der Waals surface area contributed by atoms with Crippen LogP contribution in [0, 0.1) is 0 Å². The molecule has 154 valence electrons. The summed E-state index contributed by atoms with van der Waals surface area (Å²) in [5, 5.41) is 5.29. The molecular weight excluding hydrogens is 368 g/mol. The number of carbonyl (C=O) groups excluding carboxylic acids is 3. The largest absolute Gasteiger partial charge is 0.468 e. The average Bonchev–Trinajstić information content (AvgIpc) is 2.71. The molecule has 2 rings (SSSR count). The van der Waals surface area contributed by atoms with Gasteiger partial charge in [0.25, 0.3) is 5.91 Å². The van der Waals surface area contributed by atoms with Gasteiger partial charge in [0, 0.05) is 12.0 Å². The molecule has 0 saturated carbocycles. The van der Waals surface area contributed by atoms with Gasteiger partial charge in [0.1, 0.15) is 12.6 Å². The van der Waals surface area contributed by atoms with Crippen molar-refractivity contribution in [2.45, 2.75) is 38.6 Å². The minimum Gasteiger partial charge on any atom is -0.468 e. The van der Waals surface area contributed by atoms with E-state index in [1.165, 1.54) is 7.11 Å². The van der Waals surface area contributed by atoms with E-state index in [1.54, 1.807) is 12.1 Å². The highest BCUT2D eigenvalue weighted by Crippen LogP contribution is 2.22. The molecule has 2 aromatic rings. The molecular formula is C23H28N2O4. The molecule has 2 N–H and O–H groups in total. The number of hydrogen-bond donors (Lipinski definition) is 2. The summed E-state index contributed by atoms with van der Waals surface area (Å²) < 4.78 is 4.55. The fraction of sp³-hybridized carbons (Fsp3) is 0.348. The molecule has 0 aliphatic carbocycles. The van der Waals surface area contributed by atoms with Gasteiger partial charge in [-0.2, -0.15) is 0 Å². The number of rotatable bonds is 7. The van der Waals surface area contributed by atoms with Gasteiger partial charge < -0.3 is 15.4 Å². The zero-order chi connectivity index (χ0) is 21.4. The van der Waals surface area contributed by atoms with E-state index in [2.05, 4.69) is 36.1 Å². The van der Waals surface area contributed by atoms with Gasteiger partial charge >= 0.3 is 5.97 Å². The van der Waals surface area contributed by atoms with Gasteiger partial charge in [0.05, 0.1) is 7.11 Å². The Balaban J connectivity index is 2.13. The van der Waals surface area contributed by atoms with E-state index in [4.69, 9.17) is 0 Å². The average molecular weight is 396 g/mol. The standard InChI is InChI=1S/C23H28N2O4/c1-23(2,3)18-12-10-17(11-13-18)21(27)25-19(14-16-8-6-5-7-9-16)22(28)24-15-20(26)29-4/h5-13,19H,14-15H2,1-4H3,(H,24,28)(H,25,27)/t19-/m1/s1. The third-order valence-electron chi connectivity index (χ3n) is 4.55. The van der Waals surface area contributed by atoms with Crippen molar-refractivity contribution in [3.8, 4) is 0 Å². The normalized spacial score (nSPS) is 12.0. The number of hydrogen-bond acceptors (Lipinski definition) is 4. The predicted molar refractivity (Wildman–Crippen MR) is 112 cm³/mol. The molecule has 0 heterocycles. The molecule has 0 fully saturated rings. The molecule has 1 atom stereocenters. The van der Waals surface area contributed by atoms with Gasteiger partial charge in [-0.15, -0.1) is 0 Å². The number of amides is 2. The maximum atomic E-state index is 12.7. The summed E-state index contributed by atoms with van der Waals surface area (Å²) >= 11 is 0. The Morgan fingerprint density at radius 2 is 1.59 bits per heavy atom. The van der Waals surface area contributed by atoms with Crippen molar-refractivity contribution in [1.29, 1.82) is 0 Å². The van der Waals surface area contributed by atoms with Crippen LogP contribution in [0.3, 0.4) is 0 Å². The zero-order valence-electron chi connectivity index (χ0n) is 17.3. The molecule has 0 unspecified atom stereocenters. The van der Waals surface area contributed by atoms with E-state index >= 15 is 0 Å². The lowest BCUT2D eigenvalue weighted by Crippen LogP contribution is -2.49. The number of carbonyl (C=O) groups is 3. The van der Waals surface area contributed by atoms with E-state index in [1.807, 2.05) is 42.5 Å². The number of methoxy groups -OCH3 is 1. The molecule has 0 aliphatic rings. The van der Waals surface area contributed by atoms with Crippen LogP contribution in [0.25, 0.3) is 0 Å². The molecule has 29 heavy (non-hydrogen) atoms. The Morgan fingerprint density at radius 1 is 0.966 bits per heavy atom. The molecule has 2 aromatic carbocycles. The van der Waals surface area contributed by atoms with E-state index in [0.29, 0.717) is 12.0 Å². The summed E-state index contributed by atoms with van der Waals surface area (Å²) in [7, 11) is 1.25. The van der Waals surface area contributed by atoms with Crippen molar-refractivity contribution in [2.75, 3.05) is 13.7 Å². The van der Waals surface area contributed by atoms with Crippen LogP contribution in [0.2, 0.25) is 0 Å². The number of benzene rings is 2. The second-order valence-corrected chi connectivity index (χ2v) is 7.84. The van der Waals surface area contributed by atoms with Crippen LogP contribution < -0.4 is 10.6 Å². The first-order chi connectivity index (χ1) is 13.7. The smallest absolute Gasteiger partial charge is 0.325 e. The second kappa shape index (κ2) is 9.87. The van der Waals surface area contributed by atoms with Crippen LogP contribution in [-0.4, -0.2) is 37.5 Å². The van der Waals surface area contributed by atoms with E-state index in [9.17, 15) is 14.4 Å². The summed E-state index contributed by atoms with van der Waals surface area (Å²) in [6.45, 7) is 6.05. The first-order valence-electron chi connectivity index (χ1n) is 9.50. The molecule has 2 amide bonds. The lowest BCUT2D eigenvalue weighted by atomic mass is 9.86. The third kappa shape index (κ3) is 6.75. The van der Waals surface area contributed by atoms with Gasteiger partial charge in [-0.3, -0.25) is 14.4 Å². The summed E-state index contributed by atoms with van der Waals surface area (Å²) in [5.41, 5.74) is 2.47. The first-order valence-corrected chi connectivity index (χ1v) is 9.50. The monoisotopic (exact) mass is 396 g/mol. The number of ether oxygens (including phenoxy) is 1. The second-order valence-electron chi connectivity index (χ2n) is 7.84. The van der Waals surface area contributed by atoms with Crippen molar-refractivity contribution in [3.05, 3.63) is 71.3 Å². The minimum atomic E-state index is -0.822. The Bertz CT molecular complexity index is 839. The highest BCUT2D eigenvalue weighted by molar-refractivity contribution is 5.98. The lowest BCUT2D eigenvalue weighted by molar-refractivity contribution is -0.141. The van der Waals surface area contributed by atoms with Crippen LogP contribution in [0.5, 0.6) is 0 Å². The maximum absolute atomic E-state index is 12.7. The Hall–Kier alpha value is -3.15. The summed E-state index contributed by atoms with van der Waals surface area (Å²) in [6.07, 6.45) is 0.305. The number of esters is 1. The molecule has 0 bridgehead atoms. The Kier molecular flexibility index (Phi) is 7.53. The van der Waals surface area contributed by atoms with Crippen LogP contribution >= 0.6 is 0 Å². The van der Waals surface area contributed by atoms with Crippen LogP contribution in [-0.2, 0) is 26.2 Å². The minimum absolute atomic E-state index is 0.0153. The number of nitrogens with one attached hydrogen (secondary N) is 2. The highest BCUT2D eigenvalue weighted by Gasteiger charge is 2.23. The van der Waals surface area contributed by atoms with E-state index in [-0.39, 0.29) is 17.9 Å². The van der Waals surface area contributed by atoms with Crippen molar-refractivity contribution >= 4 is 17.8 Å². The maximum Gasteiger partial charge on any atom is 0.325 e. The molecule has 0 spiro atoms. The van der Waals surface area contributed by atoms with Crippen molar-refractivity contribution < 1.29 is 19.1 Å². The molecule has 0 aromatic heterocycles. The topological polar surface area (TPSA) is 84.5 Å². The van der Waals surface area contributed by atoms with Crippen molar-refractivity contribution in [1.82, 2.24) is 10.6 Å². The molecule has 6 heteroatoms. The molecule has 0 aliphatic heterocycles. The summed E-state index contributed by atoms with van der Waals surface area (Å²) in [6, 6.07) is 15.9. The van der Waals surface area contributed by atoms with Crippen LogP contribution in [0.1, 0.15) is 42.3 Å². The SMILES string of the molecule is COC(=O)CNC(=O)[C@@H](Cc1ccccc1)NC(=O)c1ccc(C(C)(C)C)cc1. The molecule has 0 saturated heterocycles. The van der Waals surface area contributed by atoms with Gasteiger partial charge in [-0.1, -0.05) is 63.2 Å². The van der Waals surface area contributed by atoms with Gasteiger partial charge in [-0.05, 0) is 28.7 Å². The first kappa shape index (κ1) is 22.1. The van der Waals surface area contributed by atoms with Crippen molar-refractivity contribution in [2.24, 2.45) is 0 Å². The van der Waals surface area contributed by atoms with Gasteiger partial charge in [0.15, 0.2) is 0 Å². The predicted octanol–water partition coefficient (Wildman–Crippen LogP) is 2.61. The van der Waals surface area contributed by atoms with Gasteiger partial charge in [0.2, 0.25) is 5.91 Å². The highest BCUT2D eigenvalue weighted by atomic mass is 16.5. The molecule has 6 nitrogen and oxygen atoms in total. The fourth-order valence-electron chi connectivity index (χ4n) is 2.78. The third-order valence-corrected chi connectivity index (χ3v) is 4.55. The summed E-state index contributed by atoms with van der Waals surface area (Å²) in [4.78, 5) is 36.6. The zero-order valence-corrected chi connectivity index (χ0v) is 17.3. The lowest BCUT2D eigenvalue weighted by Gasteiger charge is -2.20. The Morgan fingerprint density at radius 3 is 2.14 bits per heavy atom. The van der Waals surface area contributed by atoms with E-state index < -0.39 is 17.9 Å². The van der Waals surface area contributed by atoms with Crippen LogP contribution in [0.15, 0.2) is 54.6 Å². The van der Waals surface area contributed by atoms with Crippen LogP contribution in [0.4, 0.5) is 0 Å². The van der Waals surface area contributed by atoms with Crippen molar-refractivity contribution in [3.63, 3.8) is 0 Å².